The number of likely N-dealkylation sites (N-methyl/N-ethyl adjacent to an activating group) is 1. The Morgan fingerprint density at radius 2 is 2.39 bits per heavy atom. The second-order valence-corrected chi connectivity index (χ2v) is 4.13. The Hall–Kier alpha value is -1.71. The zero-order valence-electron chi connectivity index (χ0n) is 10.5. The molecule has 0 saturated carbocycles. The van der Waals surface area contributed by atoms with Crippen LogP contribution in [0.15, 0.2) is 12.4 Å². The lowest BCUT2D eigenvalue weighted by Crippen LogP contribution is -2.45. The maximum absolute atomic E-state index is 8.90. The van der Waals surface area contributed by atoms with Gasteiger partial charge in [-0.3, -0.25) is 4.90 Å². The second-order valence-electron chi connectivity index (χ2n) is 4.13. The lowest BCUT2D eigenvalue weighted by molar-refractivity contribution is -0.0192. The Bertz CT molecular complexity index is 431. The number of nitrogens with one attached hydrogen (secondary N) is 1. The lowest BCUT2D eigenvalue weighted by atomic mass is 10.2. The van der Waals surface area contributed by atoms with Crippen molar-refractivity contribution in [2.75, 3.05) is 38.1 Å². The summed E-state index contributed by atoms with van der Waals surface area (Å²) in [5.74, 6) is 0.525. The van der Waals surface area contributed by atoms with Crippen LogP contribution in [0.2, 0.25) is 0 Å². The molecule has 0 spiro atoms. The van der Waals surface area contributed by atoms with E-state index < -0.39 is 0 Å². The largest absolute Gasteiger partial charge is 0.374 e. The fraction of sp³-hybridized carbons (Fsp3) is 0.583. The number of ether oxygens (including phenoxy) is 1. The number of rotatable bonds is 4. The summed E-state index contributed by atoms with van der Waals surface area (Å²) in [5, 5.41) is 12.0. The quantitative estimate of drug-likeness (QED) is 0.834. The zero-order valence-corrected chi connectivity index (χ0v) is 10.5. The first kappa shape index (κ1) is 12.7. The minimum Gasteiger partial charge on any atom is -0.374 e. The van der Waals surface area contributed by atoms with Gasteiger partial charge in [-0.1, -0.05) is 6.92 Å². The maximum Gasteiger partial charge on any atom is 0.182 e. The van der Waals surface area contributed by atoms with Gasteiger partial charge in [0, 0.05) is 32.0 Å². The third-order valence-electron chi connectivity index (χ3n) is 2.97. The highest BCUT2D eigenvalue weighted by molar-refractivity contribution is 5.46. The predicted octanol–water partition coefficient (Wildman–Crippen LogP) is 0.481. The number of morpholine rings is 1. The SMILES string of the molecule is CCN1CCOC(CNc2nccnc2C#N)C1. The third kappa shape index (κ3) is 3.15. The number of anilines is 1. The van der Waals surface area contributed by atoms with Crippen LogP contribution in [0.1, 0.15) is 12.6 Å². The molecule has 1 aromatic heterocycles. The van der Waals surface area contributed by atoms with Gasteiger partial charge in [0.05, 0.1) is 12.7 Å². The van der Waals surface area contributed by atoms with Crippen LogP contribution in [0.4, 0.5) is 5.82 Å². The van der Waals surface area contributed by atoms with Crippen molar-refractivity contribution in [3.63, 3.8) is 0 Å². The first-order chi connectivity index (χ1) is 8.83. The van der Waals surface area contributed by atoms with Gasteiger partial charge in [0.15, 0.2) is 11.5 Å². The minimum atomic E-state index is 0.132. The van der Waals surface area contributed by atoms with E-state index in [0.717, 1.165) is 26.2 Å². The summed E-state index contributed by atoms with van der Waals surface area (Å²) in [6, 6.07) is 2.02. The minimum absolute atomic E-state index is 0.132. The highest BCUT2D eigenvalue weighted by atomic mass is 16.5. The molecular formula is C12H17N5O. The van der Waals surface area contributed by atoms with E-state index in [2.05, 4.69) is 27.1 Å². The van der Waals surface area contributed by atoms with Crippen LogP contribution < -0.4 is 5.32 Å². The molecule has 0 bridgehead atoms. The van der Waals surface area contributed by atoms with Crippen molar-refractivity contribution in [2.24, 2.45) is 0 Å². The van der Waals surface area contributed by atoms with Gasteiger partial charge in [-0.25, -0.2) is 9.97 Å². The van der Waals surface area contributed by atoms with Crippen LogP contribution in [-0.2, 0) is 4.74 Å². The molecule has 96 valence electrons. The lowest BCUT2D eigenvalue weighted by Gasteiger charge is -2.32. The third-order valence-corrected chi connectivity index (χ3v) is 2.97. The molecule has 0 amide bonds. The Morgan fingerprint density at radius 3 is 3.17 bits per heavy atom. The van der Waals surface area contributed by atoms with E-state index >= 15 is 0 Å². The van der Waals surface area contributed by atoms with Gasteiger partial charge in [0.2, 0.25) is 0 Å². The molecule has 1 unspecified atom stereocenters. The zero-order chi connectivity index (χ0) is 12.8. The molecule has 0 radical (unpaired) electrons. The molecule has 1 aliphatic heterocycles. The van der Waals surface area contributed by atoms with Crippen LogP contribution in [-0.4, -0.2) is 53.8 Å². The summed E-state index contributed by atoms with van der Waals surface area (Å²) in [7, 11) is 0. The van der Waals surface area contributed by atoms with Crippen LogP contribution in [0.3, 0.4) is 0 Å². The maximum atomic E-state index is 8.90. The predicted molar refractivity (Wildman–Crippen MR) is 67.1 cm³/mol. The van der Waals surface area contributed by atoms with Crippen molar-refractivity contribution in [1.29, 1.82) is 5.26 Å². The van der Waals surface area contributed by atoms with E-state index in [0.29, 0.717) is 18.1 Å². The van der Waals surface area contributed by atoms with Crippen molar-refractivity contribution >= 4 is 5.82 Å². The van der Waals surface area contributed by atoms with Crippen molar-refractivity contribution in [2.45, 2.75) is 13.0 Å². The van der Waals surface area contributed by atoms with Crippen LogP contribution >= 0.6 is 0 Å². The molecule has 1 aromatic rings. The Kier molecular flexibility index (Phi) is 4.45. The number of aromatic nitrogens is 2. The average molecular weight is 247 g/mol. The standard InChI is InChI=1S/C12H17N5O/c1-2-17-5-6-18-10(9-17)8-16-12-11(7-13)14-3-4-15-12/h3-4,10H,2,5-6,8-9H2,1H3,(H,15,16). The molecule has 1 aliphatic rings. The topological polar surface area (TPSA) is 74.1 Å². The van der Waals surface area contributed by atoms with Gasteiger partial charge < -0.3 is 10.1 Å². The van der Waals surface area contributed by atoms with Gasteiger partial charge in [0.1, 0.15) is 6.07 Å². The highest BCUT2D eigenvalue weighted by Gasteiger charge is 2.19. The molecule has 1 N–H and O–H groups in total. The number of hydrogen-bond donors (Lipinski definition) is 1. The normalized spacial score (nSPS) is 20.3. The van der Waals surface area contributed by atoms with Crippen LogP contribution in [0.25, 0.3) is 0 Å². The van der Waals surface area contributed by atoms with Gasteiger partial charge in [0.25, 0.3) is 0 Å². The summed E-state index contributed by atoms with van der Waals surface area (Å²) in [6.07, 6.45) is 3.22. The summed E-state index contributed by atoms with van der Waals surface area (Å²) >= 11 is 0. The monoisotopic (exact) mass is 247 g/mol. The van der Waals surface area contributed by atoms with Crippen LogP contribution in [0.5, 0.6) is 0 Å². The summed E-state index contributed by atoms with van der Waals surface area (Å²) in [6.45, 7) is 6.48. The molecule has 18 heavy (non-hydrogen) atoms. The van der Waals surface area contributed by atoms with E-state index in [4.69, 9.17) is 10.00 Å². The fourth-order valence-corrected chi connectivity index (χ4v) is 1.95. The summed E-state index contributed by atoms with van der Waals surface area (Å²) < 4.78 is 5.67. The van der Waals surface area contributed by atoms with E-state index in [1.54, 1.807) is 6.20 Å². The Labute approximate surface area is 107 Å². The number of nitriles is 1. The smallest absolute Gasteiger partial charge is 0.182 e. The van der Waals surface area contributed by atoms with Crippen molar-refractivity contribution in [3.8, 4) is 6.07 Å². The molecule has 1 fully saturated rings. The van der Waals surface area contributed by atoms with E-state index in [1.807, 2.05) is 6.07 Å². The molecular weight excluding hydrogens is 230 g/mol. The molecule has 6 nitrogen and oxygen atoms in total. The molecule has 2 rings (SSSR count). The van der Waals surface area contributed by atoms with Crippen LogP contribution in [0, 0.1) is 11.3 Å². The average Bonchev–Trinajstić information content (AvgIpc) is 2.45. The van der Waals surface area contributed by atoms with Gasteiger partial charge in [-0.2, -0.15) is 5.26 Å². The Balaban J connectivity index is 1.89. The molecule has 6 heteroatoms. The van der Waals surface area contributed by atoms with E-state index in [9.17, 15) is 0 Å². The molecule has 0 aromatic carbocycles. The summed E-state index contributed by atoms with van der Waals surface area (Å²) in [4.78, 5) is 10.4. The Morgan fingerprint density at radius 1 is 1.56 bits per heavy atom. The first-order valence-corrected chi connectivity index (χ1v) is 6.12. The van der Waals surface area contributed by atoms with Gasteiger partial charge in [-0.05, 0) is 6.54 Å². The number of hydrogen-bond acceptors (Lipinski definition) is 6. The summed E-state index contributed by atoms with van der Waals surface area (Å²) in [5.41, 5.74) is 0.320. The molecule has 1 saturated heterocycles. The van der Waals surface area contributed by atoms with Crippen molar-refractivity contribution < 1.29 is 4.74 Å². The van der Waals surface area contributed by atoms with Gasteiger partial charge >= 0.3 is 0 Å². The molecule has 0 aliphatic carbocycles. The van der Waals surface area contributed by atoms with E-state index in [1.165, 1.54) is 6.20 Å². The van der Waals surface area contributed by atoms with Crippen molar-refractivity contribution in [1.82, 2.24) is 14.9 Å². The fourth-order valence-electron chi connectivity index (χ4n) is 1.95. The van der Waals surface area contributed by atoms with E-state index in [-0.39, 0.29) is 6.10 Å². The van der Waals surface area contributed by atoms with Crippen molar-refractivity contribution in [3.05, 3.63) is 18.1 Å². The van der Waals surface area contributed by atoms with Gasteiger partial charge in [-0.15, -0.1) is 0 Å². The molecule has 1 atom stereocenters. The highest BCUT2D eigenvalue weighted by Crippen LogP contribution is 2.09. The number of nitrogens with zero attached hydrogens (tertiary/aromatic N) is 4. The second kappa shape index (κ2) is 6.28. The molecule has 2 heterocycles. The first-order valence-electron chi connectivity index (χ1n) is 6.12.